The average Bonchev–Trinajstić information content (AvgIpc) is 3.19. The lowest BCUT2D eigenvalue weighted by Crippen LogP contribution is -2.23. The van der Waals surface area contributed by atoms with Gasteiger partial charge in [0.2, 0.25) is 0 Å². The summed E-state index contributed by atoms with van der Waals surface area (Å²) in [5.41, 5.74) is 2.72. The van der Waals surface area contributed by atoms with Crippen molar-refractivity contribution in [1.29, 1.82) is 0 Å². The first-order valence-electron chi connectivity index (χ1n) is 11.3. The summed E-state index contributed by atoms with van der Waals surface area (Å²) in [6.45, 7) is 5.88. The summed E-state index contributed by atoms with van der Waals surface area (Å²) in [6, 6.07) is 16.5. The second-order valence-corrected chi connectivity index (χ2v) is 8.96. The highest BCUT2D eigenvalue weighted by Crippen LogP contribution is 2.34. The molecule has 0 atom stereocenters. The first kappa shape index (κ1) is 26.8. The molecule has 0 aliphatic rings. The summed E-state index contributed by atoms with van der Waals surface area (Å²) >= 11 is 6.50. The van der Waals surface area contributed by atoms with E-state index in [0.29, 0.717) is 33.2 Å². The molecule has 1 amide bonds. The van der Waals surface area contributed by atoms with Gasteiger partial charge >= 0.3 is 11.9 Å². The normalized spacial score (nSPS) is 10.3. The van der Waals surface area contributed by atoms with Crippen LogP contribution < -0.4 is 16.0 Å². The number of nitrogens with one attached hydrogen (secondary N) is 3. The monoisotopic (exact) mass is 525 g/mol. The Labute approximate surface area is 219 Å². The Morgan fingerprint density at radius 2 is 1.61 bits per heavy atom. The van der Waals surface area contributed by atoms with Crippen LogP contribution in [0.1, 0.15) is 55.4 Å². The van der Waals surface area contributed by atoms with Crippen molar-refractivity contribution < 1.29 is 23.9 Å². The fourth-order valence-electron chi connectivity index (χ4n) is 3.33. The molecule has 8 nitrogen and oxygen atoms in total. The molecule has 1 heterocycles. The maximum Gasteiger partial charge on any atom is 0.348 e. The van der Waals surface area contributed by atoms with Crippen molar-refractivity contribution in [1.82, 2.24) is 5.32 Å². The van der Waals surface area contributed by atoms with Crippen LogP contribution in [0, 0.1) is 6.92 Å². The summed E-state index contributed by atoms with van der Waals surface area (Å²) in [6.07, 6.45) is 0. The van der Waals surface area contributed by atoms with E-state index < -0.39 is 11.9 Å². The first-order valence-corrected chi connectivity index (χ1v) is 12.5. The Morgan fingerprint density at radius 3 is 2.31 bits per heavy atom. The maximum atomic E-state index is 12.6. The minimum atomic E-state index is -0.566. The molecule has 3 rings (SSSR count). The number of carbonyl (C=O) groups is 3. The quantitative estimate of drug-likeness (QED) is 0.260. The highest BCUT2D eigenvalue weighted by Gasteiger charge is 2.27. The number of thiophene rings is 1. The highest BCUT2D eigenvalue weighted by atomic mass is 32.1. The van der Waals surface area contributed by atoms with E-state index in [1.807, 2.05) is 30.3 Å². The molecule has 3 N–H and O–H groups in total. The van der Waals surface area contributed by atoms with E-state index in [9.17, 15) is 14.4 Å². The van der Waals surface area contributed by atoms with Gasteiger partial charge in [-0.1, -0.05) is 36.4 Å². The van der Waals surface area contributed by atoms with Gasteiger partial charge in [-0.2, -0.15) is 0 Å². The molecule has 0 radical (unpaired) electrons. The molecule has 36 heavy (non-hydrogen) atoms. The van der Waals surface area contributed by atoms with Crippen LogP contribution in [0.2, 0.25) is 0 Å². The van der Waals surface area contributed by atoms with Crippen LogP contribution in [-0.2, 0) is 16.0 Å². The topological polar surface area (TPSA) is 106 Å². The number of anilines is 2. The summed E-state index contributed by atoms with van der Waals surface area (Å²) in [4.78, 5) is 37.8. The van der Waals surface area contributed by atoms with Crippen LogP contribution in [0.15, 0.2) is 54.6 Å². The van der Waals surface area contributed by atoms with Crippen molar-refractivity contribution >= 4 is 57.2 Å². The van der Waals surface area contributed by atoms with Gasteiger partial charge in [-0.3, -0.25) is 4.79 Å². The van der Waals surface area contributed by atoms with E-state index in [-0.39, 0.29) is 29.8 Å². The van der Waals surface area contributed by atoms with Crippen LogP contribution in [0.3, 0.4) is 0 Å². The number of hydrogen-bond donors (Lipinski definition) is 3. The predicted octanol–water partition coefficient (Wildman–Crippen LogP) is 5.15. The number of hydrogen-bond acceptors (Lipinski definition) is 7. The third-order valence-corrected chi connectivity index (χ3v) is 6.38. The van der Waals surface area contributed by atoms with Crippen LogP contribution >= 0.6 is 23.6 Å². The minimum absolute atomic E-state index is 0.180. The lowest BCUT2D eigenvalue weighted by Gasteiger charge is -2.12. The van der Waals surface area contributed by atoms with E-state index in [1.54, 1.807) is 45.0 Å². The Bertz CT molecular complexity index is 1260. The van der Waals surface area contributed by atoms with E-state index in [4.69, 9.17) is 21.7 Å². The van der Waals surface area contributed by atoms with Crippen LogP contribution in [-0.4, -0.2) is 36.2 Å². The number of esters is 2. The molecule has 0 saturated heterocycles. The van der Waals surface area contributed by atoms with Gasteiger partial charge in [-0.05, 0) is 62.3 Å². The van der Waals surface area contributed by atoms with Crippen LogP contribution in [0.5, 0.6) is 0 Å². The SMILES string of the molecule is CCOC(=O)c1sc(NC(=S)Nc2cccc(C(=O)NCc3ccccc3)c2)c(C(=O)OCC)c1C. The molecule has 0 saturated carbocycles. The Balaban J connectivity index is 1.72. The van der Waals surface area contributed by atoms with Gasteiger partial charge < -0.3 is 25.4 Å². The summed E-state index contributed by atoms with van der Waals surface area (Å²) in [5, 5.41) is 9.43. The van der Waals surface area contributed by atoms with Crippen LogP contribution in [0.4, 0.5) is 10.7 Å². The molecule has 0 bridgehead atoms. The molecule has 0 aliphatic heterocycles. The fourth-order valence-corrected chi connectivity index (χ4v) is 4.70. The number of thiocarbonyl (C=S) groups is 1. The maximum absolute atomic E-state index is 12.6. The molecule has 1 aromatic heterocycles. The van der Waals surface area contributed by atoms with Crippen molar-refractivity contribution in [3.63, 3.8) is 0 Å². The van der Waals surface area contributed by atoms with Gasteiger partial charge in [0, 0.05) is 17.8 Å². The minimum Gasteiger partial charge on any atom is -0.462 e. The van der Waals surface area contributed by atoms with E-state index in [0.717, 1.165) is 16.9 Å². The van der Waals surface area contributed by atoms with Gasteiger partial charge in [-0.15, -0.1) is 11.3 Å². The third kappa shape index (κ3) is 6.89. The molecule has 0 fully saturated rings. The zero-order chi connectivity index (χ0) is 26.1. The van der Waals surface area contributed by atoms with Crippen molar-refractivity contribution in [2.45, 2.75) is 27.3 Å². The second kappa shape index (κ2) is 12.8. The van der Waals surface area contributed by atoms with Gasteiger partial charge in [-0.25, -0.2) is 9.59 Å². The lowest BCUT2D eigenvalue weighted by atomic mass is 10.1. The first-order chi connectivity index (χ1) is 17.3. The molecule has 188 valence electrons. The molecule has 10 heteroatoms. The van der Waals surface area contributed by atoms with E-state index in [2.05, 4.69) is 16.0 Å². The molecule has 2 aromatic carbocycles. The lowest BCUT2D eigenvalue weighted by molar-refractivity contribution is 0.0527. The summed E-state index contributed by atoms with van der Waals surface area (Å²) in [7, 11) is 0. The largest absolute Gasteiger partial charge is 0.462 e. The number of carbonyl (C=O) groups excluding carboxylic acids is 3. The molecule has 0 aliphatic carbocycles. The zero-order valence-electron chi connectivity index (χ0n) is 20.2. The highest BCUT2D eigenvalue weighted by molar-refractivity contribution is 7.80. The van der Waals surface area contributed by atoms with Gasteiger partial charge in [0.25, 0.3) is 5.91 Å². The van der Waals surface area contributed by atoms with Crippen molar-refractivity contribution in [3.8, 4) is 0 Å². The summed E-state index contributed by atoms with van der Waals surface area (Å²) < 4.78 is 10.3. The number of benzene rings is 2. The average molecular weight is 526 g/mol. The van der Waals surface area contributed by atoms with E-state index in [1.165, 1.54) is 0 Å². The predicted molar refractivity (Wildman–Crippen MR) is 145 cm³/mol. The zero-order valence-corrected chi connectivity index (χ0v) is 21.8. The second-order valence-electron chi connectivity index (χ2n) is 7.53. The van der Waals surface area contributed by atoms with Crippen molar-refractivity contribution in [2.75, 3.05) is 23.8 Å². The van der Waals surface area contributed by atoms with Gasteiger partial charge in [0.05, 0.1) is 18.8 Å². The smallest absolute Gasteiger partial charge is 0.348 e. The van der Waals surface area contributed by atoms with Crippen molar-refractivity contribution in [2.24, 2.45) is 0 Å². The van der Waals surface area contributed by atoms with E-state index >= 15 is 0 Å². The molecule has 0 spiro atoms. The van der Waals surface area contributed by atoms with Crippen molar-refractivity contribution in [3.05, 3.63) is 81.7 Å². The Kier molecular flexibility index (Phi) is 9.54. The third-order valence-electron chi connectivity index (χ3n) is 4.99. The number of amides is 1. The Hall–Kier alpha value is -3.76. The molecular weight excluding hydrogens is 498 g/mol. The molecule has 0 unspecified atom stereocenters. The Morgan fingerprint density at radius 1 is 0.917 bits per heavy atom. The van der Waals surface area contributed by atoms with Gasteiger partial charge in [0.1, 0.15) is 9.88 Å². The van der Waals surface area contributed by atoms with Gasteiger partial charge in [0.15, 0.2) is 5.11 Å². The summed E-state index contributed by atoms with van der Waals surface area (Å²) in [5.74, 6) is -1.31. The standard InChI is InChI=1S/C26H27N3O5S2/c1-4-33-24(31)20-16(3)21(25(32)34-5-2)36-23(20)29-26(35)28-19-13-9-12-18(14-19)22(30)27-15-17-10-7-6-8-11-17/h6-14H,4-5,15H2,1-3H3,(H,27,30)(H2,28,29,35). The fraction of sp³-hybridized carbons (Fsp3) is 0.231. The molecular formula is C26H27N3O5S2. The van der Waals surface area contributed by atoms with Crippen LogP contribution in [0.25, 0.3) is 0 Å². The number of rotatable bonds is 9. The number of ether oxygens (including phenoxy) is 2. The molecule has 3 aromatic rings.